The second kappa shape index (κ2) is 2.47. The van der Waals surface area contributed by atoms with E-state index in [2.05, 4.69) is 0 Å². The summed E-state index contributed by atoms with van der Waals surface area (Å²) in [5, 5.41) is 9.38. The van der Waals surface area contributed by atoms with E-state index < -0.39 is 0 Å². The Hall–Kier alpha value is -0.530. The molecule has 0 aliphatic rings. The maximum Gasteiger partial charge on any atom is 0.186 e. The first-order valence-corrected chi connectivity index (χ1v) is 1.09. The largest absolute Gasteiger partial charge is 0.293 e. The first-order chi connectivity index (χ1) is 1.91. The van der Waals surface area contributed by atoms with Crippen LogP contribution in [0.2, 0.25) is 0 Å². The molecule has 2 heteroatoms. The average molecular weight is 60.1 g/mol. The van der Waals surface area contributed by atoms with E-state index in [1.54, 1.807) is 12.1 Å². The highest BCUT2D eigenvalue weighted by Crippen LogP contribution is 1.05. The van der Waals surface area contributed by atoms with Gasteiger partial charge in [-0.2, -0.15) is 0 Å². The van der Waals surface area contributed by atoms with Crippen molar-refractivity contribution in [2.75, 3.05) is 0 Å². The predicted octanol–water partition coefficient (Wildman–Crippen LogP) is -1.45. The molecule has 0 spiro atoms. The van der Waals surface area contributed by atoms with E-state index in [9.17, 15) is 0 Å². The van der Waals surface area contributed by atoms with Crippen LogP contribution in [-0.2, 0) is 0 Å². The highest BCUT2D eigenvalue weighted by atomic mass is 16.4. The smallest absolute Gasteiger partial charge is 0.186 e. The Bertz CT molecular complexity index is 21.2. The van der Waals surface area contributed by atoms with Crippen molar-refractivity contribution in [2.45, 2.75) is 6.92 Å². The Balaban J connectivity index is 2.55. The maximum absolute atomic E-state index is 7.57. The molecule has 0 aliphatic carbocycles. The van der Waals surface area contributed by atoms with Crippen LogP contribution in [-0.4, -0.2) is 11.4 Å². The second-order valence-electron chi connectivity index (χ2n) is 0.418. The number of hydrogen-bond acceptors (Lipinski definition) is 1. The molecule has 0 heterocycles. The minimum absolute atomic E-state index is 1.43. The molecule has 0 aromatic heterocycles. The molecule has 0 aromatic carbocycles. The van der Waals surface area contributed by atoms with Crippen LogP contribution in [0, 0.1) is 0 Å². The van der Waals surface area contributed by atoms with E-state index >= 15 is 0 Å². The summed E-state index contributed by atoms with van der Waals surface area (Å²) in [5.74, 6) is 0. The summed E-state index contributed by atoms with van der Waals surface area (Å²) in [4.78, 5) is 0. The van der Waals surface area contributed by atoms with Gasteiger partial charge >= 0.3 is 0 Å². The Morgan fingerprint density at radius 1 is 2.00 bits per heavy atom. The summed E-state index contributed by atoms with van der Waals surface area (Å²) < 4.78 is 0. The molecule has 0 fully saturated rings. The summed E-state index contributed by atoms with van der Waals surface area (Å²) in [6, 6.07) is 0. The van der Waals surface area contributed by atoms with Crippen molar-refractivity contribution < 1.29 is 10.4 Å². The lowest BCUT2D eigenvalue weighted by Gasteiger charge is -1.44. The van der Waals surface area contributed by atoms with E-state index in [1.807, 2.05) is 0 Å². The van der Waals surface area contributed by atoms with Gasteiger partial charge in [0.1, 0.15) is 0 Å². The van der Waals surface area contributed by atoms with E-state index in [0.717, 1.165) is 0 Å². The lowest BCUT2D eigenvalue weighted by molar-refractivity contribution is -0.734. The van der Waals surface area contributed by atoms with Crippen molar-refractivity contribution in [1.82, 2.24) is 0 Å². The number of hydrogen-bond donors (Lipinski definition) is 2. The van der Waals surface area contributed by atoms with Crippen LogP contribution >= 0.6 is 0 Å². The number of nitrogens with one attached hydrogen (secondary N) is 1. The zero-order chi connectivity index (χ0) is 3.41. The van der Waals surface area contributed by atoms with E-state index in [1.165, 1.54) is 6.21 Å². The monoisotopic (exact) mass is 60.0 g/mol. The molecule has 0 atom stereocenters. The maximum atomic E-state index is 7.57. The van der Waals surface area contributed by atoms with Crippen molar-refractivity contribution >= 4 is 6.21 Å². The van der Waals surface area contributed by atoms with Gasteiger partial charge in [-0.15, -0.1) is 0 Å². The van der Waals surface area contributed by atoms with Crippen molar-refractivity contribution in [3.63, 3.8) is 0 Å². The molecule has 0 aromatic rings. The van der Waals surface area contributed by atoms with Crippen LogP contribution in [0.15, 0.2) is 0 Å². The molecule has 0 rings (SSSR count). The van der Waals surface area contributed by atoms with Gasteiger partial charge in [-0.05, 0) is 5.16 Å². The molecule has 0 amide bonds. The third-order valence-electron chi connectivity index (χ3n) is 0.129. The third kappa shape index (κ3) is 1.47. The molecule has 4 heavy (non-hydrogen) atoms. The van der Waals surface area contributed by atoms with Gasteiger partial charge in [0.2, 0.25) is 0 Å². The first kappa shape index (κ1) is 3.47. The van der Waals surface area contributed by atoms with Gasteiger partial charge in [-0.1, -0.05) is 0 Å². The van der Waals surface area contributed by atoms with Crippen LogP contribution in [0.25, 0.3) is 0 Å². The Kier molecular flexibility index (Phi) is 2.14. The standard InChI is InChI=1S/C2H5NO/c1-2-3-4/h2,4H,1H3/p+1/b3-2-. The molecular weight excluding hydrogens is 54.0 g/mol. The highest BCUT2D eigenvalue weighted by Gasteiger charge is 1.44. The fraction of sp³-hybridized carbons (Fsp3) is 0.500. The fourth-order valence-electron chi connectivity index (χ4n) is 0. The van der Waals surface area contributed by atoms with Gasteiger partial charge in [0, 0.05) is 6.92 Å². The Labute approximate surface area is 24.7 Å². The highest BCUT2D eigenvalue weighted by molar-refractivity contribution is 5.44. The van der Waals surface area contributed by atoms with Gasteiger partial charge in [0.15, 0.2) is 6.21 Å². The van der Waals surface area contributed by atoms with Crippen LogP contribution < -0.4 is 5.16 Å². The average Bonchev–Trinajstić information content (AvgIpc) is 1.37. The predicted molar refractivity (Wildman–Crippen MR) is 14.5 cm³/mol. The van der Waals surface area contributed by atoms with E-state index in [0.29, 0.717) is 0 Å². The molecular formula is C2H6NO+. The molecule has 0 unspecified atom stereocenters. The molecule has 0 saturated carbocycles. The van der Waals surface area contributed by atoms with Gasteiger partial charge in [0.05, 0.1) is 0 Å². The molecule has 24 valence electrons. The molecule has 2 N–H and O–H groups in total. The zero-order valence-electron chi connectivity index (χ0n) is 2.52. The van der Waals surface area contributed by atoms with Gasteiger partial charge in [-0.25, -0.2) is 0 Å². The molecule has 0 saturated heterocycles. The van der Waals surface area contributed by atoms with Gasteiger partial charge in [0.25, 0.3) is 0 Å². The van der Waals surface area contributed by atoms with Crippen LogP contribution in [0.1, 0.15) is 6.92 Å². The van der Waals surface area contributed by atoms with Crippen LogP contribution in [0.5, 0.6) is 0 Å². The topological polar surface area (TPSA) is 34.2 Å². The fourth-order valence-corrected chi connectivity index (χ4v) is 0. The molecule has 0 bridgehead atoms. The Morgan fingerprint density at radius 2 is 2.25 bits per heavy atom. The first-order valence-electron chi connectivity index (χ1n) is 1.09. The van der Waals surface area contributed by atoms with Crippen molar-refractivity contribution in [3.05, 3.63) is 0 Å². The van der Waals surface area contributed by atoms with Gasteiger partial charge < -0.3 is 0 Å². The van der Waals surface area contributed by atoms with Crippen LogP contribution in [0.4, 0.5) is 0 Å². The lowest BCUT2D eigenvalue weighted by atomic mass is 10.9. The summed E-state index contributed by atoms with van der Waals surface area (Å²) in [6.07, 6.45) is 1.43. The number of rotatable bonds is 0. The summed E-state index contributed by atoms with van der Waals surface area (Å²) >= 11 is 0. The van der Waals surface area contributed by atoms with E-state index in [-0.39, 0.29) is 0 Å². The Morgan fingerprint density at radius 3 is 2.25 bits per heavy atom. The van der Waals surface area contributed by atoms with Gasteiger partial charge in [-0.3, -0.25) is 5.21 Å². The summed E-state index contributed by atoms with van der Waals surface area (Å²) in [7, 11) is 0. The lowest BCUT2D eigenvalue weighted by Crippen LogP contribution is -2.63. The SMILES string of the molecule is C/C=[NH+]\O. The third-order valence-corrected chi connectivity index (χ3v) is 0.129. The van der Waals surface area contributed by atoms with Crippen LogP contribution in [0.3, 0.4) is 0 Å². The molecule has 2 nitrogen and oxygen atoms in total. The zero-order valence-corrected chi connectivity index (χ0v) is 2.52. The molecule has 0 radical (unpaired) electrons. The summed E-state index contributed by atoms with van der Waals surface area (Å²) in [6.45, 7) is 1.69. The van der Waals surface area contributed by atoms with Crippen molar-refractivity contribution in [3.8, 4) is 0 Å². The minimum Gasteiger partial charge on any atom is -0.293 e. The second-order valence-corrected chi connectivity index (χ2v) is 0.418. The molecule has 0 aliphatic heterocycles. The van der Waals surface area contributed by atoms with Crippen molar-refractivity contribution in [2.24, 2.45) is 0 Å². The van der Waals surface area contributed by atoms with E-state index in [4.69, 9.17) is 5.21 Å². The minimum atomic E-state index is 1.43. The van der Waals surface area contributed by atoms with Crippen molar-refractivity contribution in [1.29, 1.82) is 0 Å². The quantitative estimate of drug-likeness (QED) is 0.200. The summed E-state index contributed by atoms with van der Waals surface area (Å²) in [5.41, 5.74) is 0. The normalized spacial score (nSPS) is 9.25.